The van der Waals surface area contributed by atoms with Crippen molar-refractivity contribution in [2.24, 2.45) is 0 Å². The van der Waals surface area contributed by atoms with Crippen molar-refractivity contribution in [3.63, 3.8) is 0 Å². The first kappa shape index (κ1) is 16.5. The molecule has 3 aromatic rings. The van der Waals surface area contributed by atoms with Crippen molar-refractivity contribution in [1.29, 1.82) is 0 Å². The third-order valence-electron chi connectivity index (χ3n) is 4.65. The molecule has 0 fully saturated rings. The van der Waals surface area contributed by atoms with Crippen molar-refractivity contribution >= 4 is 52.4 Å². The molecule has 5 heteroatoms. The van der Waals surface area contributed by atoms with Crippen LogP contribution in [0.4, 0.5) is 0 Å². The second kappa shape index (κ2) is 6.79. The monoisotopic (exact) mass is 366 g/mol. The van der Waals surface area contributed by atoms with Crippen molar-refractivity contribution in [3.05, 3.63) is 76.9 Å². The zero-order chi connectivity index (χ0) is 18.9. The Morgan fingerprint density at radius 1 is 0.750 bits per heavy atom. The van der Waals surface area contributed by atoms with Gasteiger partial charge >= 0.3 is 0 Å². The molecule has 0 radical (unpaired) electrons. The lowest BCUT2D eigenvalue weighted by molar-refractivity contribution is 0.343. The predicted octanol–water partition coefficient (Wildman–Crippen LogP) is 4.66. The molecule has 2 aliphatic heterocycles. The Hall–Kier alpha value is -3.70. The summed E-state index contributed by atoms with van der Waals surface area (Å²) in [5, 5.41) is 9.23. The number of fused-ring (bicyclic) bond motifs is 8. The van der Waals surface area contributed by atoms with Gasteiger partial charge in [-0.1, -0.05) is 12.2 Å². The van der Waals surface area contributed by atoms with Crippen molar-refractivity contribution < 1.29 is 5.11 Å². The van der Waals surface area contributed by atoms with Gasteiger partial charge in [-0.05, 0) is 66.8 Å². The molecule has 8 bridgehead atoms. The van der Waals surface area contributed by atoms with E-state index in [4.69, 9.17) is 4.98 Å². The van der Waals surface area contributed by atoms with Crippen molar-refractivity contribution in [3.8, 4) is 0 Å². The summed E-state index contributed by atoms with van der Waals surface area (Å²) >= 11 is 0. The molecule has 0 aromatic carbocycles. The van der Waals surface area contributed by atoms with E-state index in [2.05, 4.69) is 21.0 Å². The number of rotatable bonds is 2. The second-order valence-electron chi connectivity index (χ2n) is 6.68. The number of nitrogens with zero attached hydrogens (tertiary/aromatic N) is 2. The molecule has 0 spiro atoms. The van der Waals surface area contributed by atoms with E-state index < -0.39 is 0 Å². The number of aromatic amines is 2. The van der Waals surface area contributed by atoms with Crippen LogP contribution in [-0.2, 0) is 0 Å². The van der Waals surface area contributed by atoms with Crippen LogP contribution < -0.4 is 0 Å². The van der Waals surface area contributed by atoms with E-state index in [0.29, 0.717) is 0 Å². The summed E-state index contributed by atoms with van der Waals surface area (Å²) < 4.78 is 0. The van der Waals surface area contributed by atoms with E-state index in [1.807, 2.05) is 66.8 Å². The summed E-state index contributed by atoms with van der Waals surface area (Å²) in [5.41, 5.74) is 8.33. The van der Waals surface area contributed by atoms with Crippen LogP contribution in [0.25, 0.3) is 52.4 Å². The Balaban J connectivity index is 1.86. The summed E-state index contributed by atoms with van der Waals surface area (Å²) in [5.74, 6) is 0. The number of H-pyrrole nitrogens is 2. The lowest BCUT2D eigenvalue weighted by atomic mass is 10.2. The van der Waals surface area contributed by atoms with Crippen LogP contribution in [0.15, 0.2) is 48.5 Å². The third-order valence-corrected chi connectivity index (χ3v) is 4.65. The highest BCUT2D eigenvalue weighted by Crippen LogP contribution is 2.22. The van der Waals surface area contributed by atoms with Crippen LogP contribution in [0.5, 0.6) is 0 Å². The molecule has 0 amide bonds. The van der Waals surface area contributed by atoms with Crippen LogP contribution in [0.3, 0.4) is 0 Å². The average Bonchev–Trinajstić information content (AvgIpc) is 3.46. The molecule has 5 nitrogen and oxygen atoms in total. The zero-order valence-electron chi connectivity index (χ0n) is 15.1. The number of hydrogen-bond acceptors (Lipinski definition) is 3. The molecule has 5 rings (SSSR count). The molecular weight excluding hydrogens is 348 g/mol. The van der Waals surface area contributed by atoms with Gasteiger partial charge in [-0.25, -0.2) is 9.97 Å². The van der Waals surface area contributed by atoms with Gasteiger partial charge < -0.3 is 15.1 Å². The molecule has 0 unspecified atom stereocenters. The van der Waals surface area contributed by atoms with Crippen LogP contribution in [0.1, 0.15) is 28.3 Å². The SMILES string of the molecule is OCC=Cc1c2nc(cc3nc(cc4ccc(cc5ccc1[nH]5)[nH]4)C=C3)C=C2. The molecule has 0 aliphatic carbocycles. The second-order valence-corrected chi connectivity index (χ2v) is 6.68. The number of nitrogens with one attached hydrogen (secondary N) is 2. The van der Waals surface area contributed by atoms with E-state index >= 15 is 0 Å². The van der Waals surface area contributed by atoms with E-state index in [1.165, 1.54) is 0 Å². The summed E-state index contributed by atoms with van der Waals surface area (Å²) in [4.78, 5) is 16.2. The molecule has 3 aromatic heterocycles. The van der Waals surface area contributed by atoms with Gasteiger partial charge in [0, 0.05) is 27.6 Å². The standard InChI is InChI=1S/C23H18N4O/c28-11-1-2-21-22-9-7-19(26-22)13-17-5-3-15(24-17)12-16-4-6-18(25-16)14-20-8-10-23(21)27-20/h1-10,12-14,24,26,28H,11H2. The largest absolute Gasteiger partial charge is 0.392 e. The number of hydrogen-bond donors (Lipinski definition) is 3. The van der Waals surface area contributed by atoms with Crippen LogP contribution in [0.2, 0.25) is 0 Å². The van der Waals surface area contributed by atoms with Crippen LogP contribution in [-0.4, -0.2) is 31.6 Å². The lowest BCUT2D eigenvalue weighted by Crippen LogP contribution is -1.84. The highest BCUT2D eigenvalue weighted by atomic mass is 16.2. The Kier molecular flexibility index (Phi) is 4.00. The Morgan fingerprint density at radius 3 is 2.29 bits per heavy atom. The van der Waals surface area contributed by atoms with E-state index in [0.717, 1.165) is 50.4 Å². The first-order valence-electron chi connectivity index (χ1n) is 9.12. The Labute approximate surface area is 161 Å². The van der Waals surface area contributed by atoms with Crippen molar-refractivity contribution in [1.82, 2.24) is 19.9 Å². The molecule has 0 saturated carbocycles. The minimum absolute atomic E-state index is 0.0230. The lowest BCUT2D eigenvalue weighted by Gasteiger charge is -1.95. The van der Waals surface area contributed by atoms with E-state index in [1.54, 1.807) is 6.08 Å². The maximum atomic E-state index is 9.23. The Morgan fingerprint density at radius 2 is 1.43 bits per heavy atom. The van der Waals surface area contributed by atoms with Crippen LogP contribution in [0, 0.1) is 0 Å². The summed E-state index contributed by atoms with van der Waals surface area (Å²) in [7, 11) is 0. The minimum Gasteiger partial charge on any atom is -0.392 e. The zero-order valence-corrected chi connectivity index (χ0v) is 15.1. The maximum Gasteiger partial charge on any atom is 0.0730 e. The van der Waals surface area contributed by atoms with Crippen LogP contribution >= 0.6 is 0 Å². The van der Waals surface area contributed by atoms with Gasteiger partial charge in [-0.15, -0.1) is 0 Å². The normalized spacial score (nSPS) is 12.9. The molecular formula is C23H18N4O. The quantitative estimate of drug-likeness (QED) is 0.425. The maximum absolute atomic E-state index is 9.23. The summed E-state index contributed by atoms with van der Waals surface area (Å²) in [6.45, 7) is -0.0230. The average molecular weight is 366 g/mol. The van der Waals surface area contributed by atoms with E-state index in [9.17, 15) is 5.11 Å². The fourth-order valence-corrected chi connectivity index (χ4v) is 3.38. The minimum atomic E-state index is -0.0230. The first-order valence-corrected chi connectivity index (χ1v) is 9.12. The van der Waals surface area contributed by atoms with Gasteiger partial charge in [0.2, 0.25) is 0 Å². The highest BCUT2D eigenvalue weighted by molar-refractivity contribution is 5.84. The first-order chi connectivity index (χ1) is 13.8. The number of aromatic nitrogens is 4. The third kappa shape index (κ3) is 3.19. The van der Waals surface area contributed by atoms with Gasteiger partial charge in [0.25, 0.3) is 0 Å². The van der Waals surface area contributed by atoms with E-state index in [-0.39, 0.29) is 6.61 Å². The topological polar surface area (TPSA) is 77.6 Å². The Bertz CT molecular complexity index is 1300. The van der Waals surface area contributed by atoms with Gasteiger partial charge in [0.1, 0.15) is 0 Å². The fraction of sp³-hybridized carbons (Fsp3) is 0.0435. The molecule has 2 aliphatic rings. The molecule has 136 valence electrons. The van der Waals surface area contributed by atoms with Crippen molar-refractivity contribution in [2.75, 3.05) is 6.61 Å². The fourth-order valence-electron chi connectivity index (χ4n) is 3.38. The number of aliphatic hydroxyl groups is 1. The molecule has 3 N–H and O–H groups in total. The molecule has 0 atom stereocenters. The van der Waals surface area contributed by atoms with Gasteiger partial charge in [0.05, 0.1) is 29.4 Å². The summed E-state index contributed by atoms with van der Waals surface area (Å²) in [6, 6.07) is 14.2. The van der Waals surface area contributed by atoms with Gasteiger partial charge in [0.15, 0.2) is 0 Å². The predicted molar refractivity (Wildman–Crippen MR) is 115 cm³/mol. The van der Waals surface area contributed by atoms with Crippen molar-refractivity contribution in [2.45, 2.75) is 0 Å². The van der Waals surface area contributed by atoms with Gasteiger partial charge in [-0.3, -0.25) is 0 Å². The molecule has 0 saturated heterocycles. The smallest absolute Gasteiger partial charge is 0.0730 e. The highest BCUT2D eigenvalue weighted by Gasteiger charge is 2.07. The molecule has 5 heterocycles. The summed E-state index contributed by atoms with van der Waals surface area (Å²) in [6.07, 6.45) is 11.6. The van der Waals surface area contributed by atoms with Gasteiger partial charge in [-0.2, -0.15) is 0 Å². The molecule has 28 heavy (non-hydrogen) atoms. The number of aliphatic hydroxyl groups excluding tert-OH is 1.